The molecule has 1 heterocycles. The second-order valence-corrected chi connectivity index (χ2v) is 4.29. The van der Waals surface area contributed by atoms with Gasteiger partial charge in [0, 0.05) is 6.07 Å². The fourth-order valence-corrected chi connectivity index (χ4v) is 1.67. The van der Waals surface area contributed by atoms with Crippen molar-refractivity contribution in [2.75, 3.05) is 0 Å². The first-order valence-electron chi connectivity index (χ1n) is 6.07. The maximum atomic E-state index is 14.0. The first-order valence-corrected chi connectivity index (χ1v) is 6.07. The van der Waals surface area contributed by atoms with Crippen LogP contribution in [0.3, 0.4) is 0 Å². The number of nitro benzene ring substituents is 1. The Balaban J connectivity index is 2.42. The van der Waals surface area contributed by atoms with Gasteiger partial charge in [-0.15, -0.1) is 0 Å². The fraction of sp³-hybridized carbons (Fsp3) is 0.333. The monoisotopic (exact) mass is 299 g/mol. The highest BCUT2D eigenvalue weighted by Crippen LogP contribution is 2.30. The summed E-state index contributed by atoms with van der Waals surface area (Å²) in [5, 5.41) is 23.5. The van der Waals surface area contributed by atoms with Crippen LogP contribution in [0.25, 0.3) is 11.4 Å². The summed E-state index contributed by atoms with van der Waals surface area (Å²) in [4.78, 5) is 13.4. The Labute approximate surface area is 117 Å². The molecule has 9 heteroatoms. The van der Waals surface area contributed by atoms with E-state index < -0.39 is 39.7 Å². The van der Waals surface area contributed by atoms with Crippen LogP contribution in [-0.4, -0.2) is 26.3 Å². The number of rotatable bonds is 5. The predicted molar refractivity (Wildman–Crippen MR) is 66.3 cm³/mol. The Morgan fingerprint density at radius 3 is 2.81 bits per heavy atom. The number of aliphatic hydroxyl groups excluding tert-OH is 1. The van der Waals surface area contributed by atoms with E-state index in [0.717, 1.165) is 12.1 Å². The molecule has 0 fully saturated rings. The topological polar surface area (TPSA) is 102 Å². The van der Waals surface area contributed by atoms with Crippen LogP contribution in [0.4, 0.5) is 14.5 Å². The molecule has 0 amide bonds. The molecule has 1 aromatic carbocycles. The summed E-state index contributed by atoms with van der Waals surface area (Å²) >= 11 is 0. The van der Waals surface area contributed by atoms with E-state index in [0.29, 0.717) is 6.42 Å². The van der Waals surface area contributed by atoms with Gasteiger partial charge in [0.1, 0.15) is 11.4 Å². The minimum absolute atomic E-state index is 0.00958. The number of hydrogen-bond donors (Lipinski definition) is 1. The lowest BCUT2D eigenvalue weighted by atomic mass is 10.1. The van der Waals surface area contributed by atoms with E-state index in [1.165, 1.54) is 0 Å². The second kappa shape index (κ2) is 5.92. The number of benzene rings is 1. The van der Waals surface area contributed by atoms with Crippen molar-refractivity contribution in [3.63, 3.8) is 0 Å². The first-order chi connectivity index (χ1) is 9.93. The Morgan fingerprint density at radius 2 is 2.19 bits per heavy atom. The standard InChI is InChI=1S/C12H11F2N3O4/c1-2-6(18)5-9-15-12(16-21-9)10-7(13)3-4-8(11(10)14)17(19)20/h3-4,6,18H,2,5H2,1H3. The summed E-state index contributed by atoms with van der Waals surface area (Å²) < 4.78 is 32.4. The molecule has 0 aliphatic carbocycles. The molecule has 1 unspecified atom stereocenters. The molecule has 0 bridgehead atoms. The Morgan fingerprint density at radius 1 is 1.48 bits per heavy atom. The molecule has 1 atom stereocenters. The van der Waals surface area contributed by atoms with Crippen molar-refractivity contribution < 1.29 is 23.3 Å². The van der Waals surface area contributed by atoms with Crippen LogP contribution in [0.5, 0.6) is 0 Å². The van der Waals surface area contributed by atoms with E-state index in [9.17, 15) is 24.0 Å². The maximum absolute atomic E-state index is 14.0. The van der Waals surface area contributed by atoms with Gasteiger partial charge in [-0.1, -0.05) is 12.1 Å². The summed E-state index contributed by atoms with van der Waals surface area (Å²) in [7, 11) is 0. The van der Waals surface area contributed by atoms with Gasteiger partial charge < -0.3 is 9.63 Å². The molecule has 1 aromatic heterocycles. The van der Waals surface area contributed by atoms with Crippen molar-refractivity contribution >= 4 is 5.69 Å². The Bertz CT molecular complexity index is 675. The number of nitro groups is 1. The molecule has 112 valence electrons. The summed E-state index contributed by atoms with van der Waals surface area (Å²) in [5.74, 6) is -2.86. The normalized spacial score (nSPS) is 12.4. The van der Waals surface area contributed by atoms with Crippen molar-refractivity contribution in [2.24, 2.45) is 0 Å². The molecule has 0 saturated heterocycles. The zero-order chi connectivity index (χ0) is 15.6. The zero-order valence-electron chi connectivity index (χ0n) is 10.9. The summed E-state index contributed by atoms with van der Waals surface area (Å²) in [5.41, 5.74) is -1.61. The van der Waals surface area contributed by atoms with E-state index in [1.54, 1.807) is 6.92 Å². The highest BCUT2D eigenvalue weighted by atomic mass is 19.1. The lowest BCUT2D eigenvalue weighted by molar-refractivity contribution is -0.387. The maximum Gasteiger partial charge on any atom is 0.305 e. The number of aliphatic hydroxyl groups is 1. The Kier molecular flexibility index (Phi) is 4.22. The van der Waals surface area contributed by atoms with Crippen molar-refractivity contribution in [1.29, 1.82) is 0 Å². The molecule has 2 aromatic rings. The predicted octanol–water partition coefficient (Wildman–Crippen LogP) is 2.24. The minimum Gasteiger partial charge on any atom is -0.393 e. The van der Waals surface area contributed by atoms with Crippen molar-refractivity contribution in [3.05, 3.63) is 39.8 Å². The third-order valence-corrected chi connectivity index (χ3v) is 2.84. The van der Waals surface area contributed by atoms with Gasteiger partial charge in [0.05, 0.1) is 17.4 Å². The smallest absolute Gasteiger partial charge is 0.305 e. The summed E-state index contributed by atoms with van der Waals surface area (Å²) in [6.45, 7) is 1.74. The number of hydrogen-bond acceptors (Lipinski definition) is 6. The van der Waals surface area contributed by atoms with Crippen LogP contribution in [0.15, 0.2) is 16.7 Å². The molecule has 0 spiro atoms. The molecule has 0 radical (unpaired) electrons. The molecular weight excluding hydrogens is 288 g/mol. The van der Waals surface area contributed by atoms with Crippen LogP contribution in [0, 0.1) is 21.7 Å². The third-order valence-electron chi connectivity index (χ3n) is 2.84. The van der Waals surface area contributed by atoms with E-state index in [4.69, 9.17) is 4.52 Å². The van der Waals surface area contributed by atoms with Gasteiger partial charge in [0.2, 0.25) is 17.5 Å². The zero-order valence-corrected chi connectivity index (χ0v) is 10.9. The van der Waals surface area contributed by atoms with Crippen LogP contribution in [0.1, 0.15) is 19.2 Å². The largest absolute Gasteiger partial charge is 0.393 e. The van der Waals surface area contributed by atoms with Crippen molar-refractivity contribution in [2.45, 2.75) is 25.9 Å². The van der Waals surface area contributed by atoms with E-state index in [-0.39, 0.29) is 12.3 Å². The van der Waals surface area contributed by atoms with Gasteiger partial charge in [-0.05, 0) is 12.5 Å². The second-order valence-electron chi connectivity index (χ2n) is 4.29. The van der Waals surface area contributed by atoms with Gasteiger partial charge in [-0.2, -0.15) is 9.37 Å². The van der Waals surface area contributed by atoms with Crippen LogP contribution in [0.2, 0.25) is 0 Å². The summed E-state index contributed by atoms with van der Waals surface area (Å²) in [6.07, 6.45) is -0.253. The molecule has 21 heavy (non-hydrogen) atoms. The fourth-order valence-electron chi connectivity index (χ4n) is 1.67. The number of aromatic nitrogens is 2. The molecule has 0 aliphatic rings. The number of nitrogens with zero attached hydrogens (tertiary/aromatic N) is 3. The number of halogens is 2. The SMILES string of the molecule is CCC(O)Cc1nc(-c2c(F)ccc([N+](=O)[O-])c2F)no1. The van der Waals surface area contributed by atoms with Gasteiger partial charge in [0.25, 0.3) is 0 Å². The lowest BCUT2D eigenvalue weighted by Gasteiger charge is -2.02. The lowest BCUT2D eigenvalue weighted by Crippen LogP contribution is -2.08. The summed E-state index contributed by atoms with van der Waals surface area (Å²) in [6, 6.07) is 1.48. The van der Waals surface area contributed by atoms with Gasteiger partial charge in [0.15, 0.2) is 0 Å². The highest BCUT2D eigenvalue weighted by molar-refractivity contribution is 5.61. The van der Waals surface area contributed by atoms with Crippen LogP contribution in [-0.2, 0) is 6.42 Å². The van der Waals surface area contributed by atoms with E-state index >= 15 is 0 Å². The molecule has 1 N–H and O–H groups in total. The van der Waals surface area contributed by atoms with Gasteiger partial charge >= 0.3 is 5.69 Å². The van der Waals surface area contributed by atoms with E-state index in [2.05, 4.69) is 10.1 Å². The molecule has 7 nitrogen and oxygen atoms in total. The average molecular weight is 299 g/mol. The van der Waals surface area contributed by atoms with Crippen LogP contribution >= 0.6 is 0 Å². The van der Waals surface area contributed by atoms with Crippen LogP contribution < -0.4 is 0 Å². The first kappa shape index (κ1) is 15.0. The highest BCUT2D eigenvalue weighted by Gasteiger charge is 2.26. The minimum atomic E-state index is -1.37. The van der Waals surface area contributed by atoms with Crippen molar-refractivity contribution in [1.82, 2.24) is 10.1 Å². The third kappa shape index (κ3) is 3.02. The van der Waals surface area contributed by atoms with Crippen molar-refractivity contribution in [3.8, 4) is 11.4 Å². The Hall–Kier alpha value is -2.42. The molecule has 0 aliphatic heterocycles. The van der Waals surface area contributed by atoms with Gasteiger partial charge in [-0.3, -0.25) is 10.1 Å². The molecule has 2 rings (SSSR count). The molecular formula is C12H11F2N3O4. The molecule has 0 saturated carbocycles. The average Bonchev–Trinajstić information content (AvgIpc) is 2.86. The van der Waals surface area contributed by atoms with E-state index in [1.807, 2.05) is 0 Å². The quantitative estimate of drug-likeness (QED) is 0.671. The van der Waals surface area contributed by atoms with Gasteiger partial charge in [-0.25, -0.2) is 4.39 Å².